The van der Waals surface area contributed by atoms with Crippen LogP contribution in [-0.2, 0) is 40.0 Å². The van der Waals surface area contributed by atoms with Gasteiger partial charge in [-0.3, -0.25) is 18.7 Å². The van der Waals surface area contributed by atoms with E-state index in [1.807, 2.05) is 4.90 Å². The molecule has 3 heterocycles. The van der Waals surface area contributed by atoms with Gasteiger partial charge in [-0.1, -0.05) is 12.1 Å². The van der Waals surface area contributed by atoms with Crippen molar-refractivity contribution in [1.82, 2.24) is 0 Å². The second kappa shape index (κ2) is 8.11. The first-order valence-corrected chi connectivity index (χ1v) is 14.7. The molecule has 202 valence electrons. The minimum atomic E-state index is -4.79. The van der Waals surface area contributed by atoms with Gasteiger partial charge < -0.3 is 14.7 Å². The van der Waals surface area contributed by atoms with Gasteiger partial charge in [0.1, 0.15) is 16.8 Å². The van der Waals surface area contributed by atoms with Crippen molar-refractivity contribution in [2.24, 2.45) is 0 Å². The van der Waals surface area contributed by atoms with Crippen molar-refractivity contribution in [3.8, 4) is 0 Å². The third kappa shape index (κ3) is 3.84. The number of aliphatic carboxylic acids is 1. The lowest BCUT2D eigenvalue weighted by atomic mass is 9.73. The summed E-state index contributed by atoms with van der Waals surface area (Å²) in [5, 5.41) is 11.1. The molecular weight excluding hydrogens is 550 g/mol. The van der Waals surface area contributed by atoms with Gasteiger partial charge >= 0.3 is 5.97 Å². The van der Waals surface area contributed by atoms with E-state index in [-0.39, 0.29) is 22.6 Å². The van der Waals surface area contributed by atoms with Crippen LogP contribution in [0.5, 0.6) is 0 Å². The first kappa shape index (κ1) is 25.5. The van der Waals surface area contributed by atoms with Gasteiger partial charge in [0.05, 0.1) is 11.3 Å². The second-order valence-electron chi connectivity index (χ2n) is 10.0. The Morgan fingerprint density at radius 1 is 1.08 bits per heavy atom. The zero-order valence-electron chi connectivity index (χ0n) is 20.3. The molecule has 0 radical (unpaired) electrons. The predicted octanol–water partition coefficient (Wildman–Crippen LogP) is 2.86. The zero-order chi connectivity index (χ0) is 28.1. The van der Waals surface area contributed by atoms with Crippen LogP contribution in [0, 0.1) is 0 Å². The molecule has 3 N–H and O–H groups in total. The monoisotopic (exact) mass is 571 g/mol. The van der Waals surface area contributed by atoms with Gasteiger partial charge in [-0.05, 0) is 53.6 Å². The third-order valence-corrected chi connectivity index (χ3v) is 9.30. The third-order valence-electron chi connectivity index (χ3n) is 7.58. The molecule has 39 heavy (non-hydrogen) atoms. The lowest BCUT2D eigenvalue weighted by molar-refractivity contribution is -0.138. The van der Waals surface area contributed by atoms with Crippen molar-refractivity contribution >= 4 is 48.4 Å². The highest BCUT2D eigenvalue weighted by atomic mass is 32.2. The number of allylic oxidation sites excluding steroid dienone is 4. The number of carbonyl (C=O) groups excluding carboxylic acids is 1. The number of hydrogen-bond donors (Lipinski definition) is 3. The number of carboxylic acid groups (broad SMARTS) is 1. The molecule has 1 aliphatic carbocycles. The Labute approximate surface area is 222 Å². The van der Waals surface area contributed by atoms with E-state index >= 15 is 0 Å². The van der Waals surface area contributed by atoms with Crippen LogP contribution in [0.15, 0.2) is 81.0 Å². The van der Waals surface area contributed by atoms with Crippen molar-refractivity contribution in [3.63, 3.8) is 0 Å². The molecule has 0 bridgehead atoms. The number of fused-ring (bicyclic) bond motifs is 7. The summed E-state index contributed by atoms with van der Waals surface area (Å²) in [5.41, 5.74) is 1.78. The molecule has 11 nitrogen and oxygen atoms in total. The highest BCUT2D eigenvalue weighted by Crippen LogP contribution is 2.56. The molecule has 2 atom stereocenters. The van der Waals surface area contributed by atoms with Gasteiger partial charge in [0, 0.05) is 47.0 Å². The Morgan fingerprint density at radius 2 is 1.82 bits per heavy atom. The van der Waals surface area contributed by atoms with E-state index in [0.717, 1.165) is 17.8 Å². The molecular formula is C26H21NO10S2. The molecule has 6 rings (SSSR count). The van der Waals surface area contributed by atoms with E-state index in [4.69, 9.17) is 4.74 Å². The van der Waals surface area contributed by atoms with Gasteiger partial charge in [0.25, 0.3) is 20.2 Å². The van der Waals surface area contributed by atoms with Gasteiger partial charge in [0.15, 0.2) is 0 Å². The average Bonchev–Trinajstić information content (AvgIpc) is 3.08. The number of nitrogens with zero attached hydrogens (tertiary/aromatic N) is 1. The van der Waals surface area contributed by atoms with E-state index in [2.05, 4.69) is 0 Å². The number of ether oxygens (including phenoxy) is 1. The number of rotatable bonds is 4. The molecule has 2 unspecified atom stereocenters. The van der Waals surface area contributed by atoms with Crippen LogP contribution in [0.25, 0.3) is 10.8 Å². The van der Waals surface area contributed by atoms with Gasteiger partial charge in [-0.25, -0.2) is 0 Å². The maximum absolute atomic E-state index is 12.3. The highest BCUT2D eigenvalue weighted by Gasteiger charge is 2.51. The van der Waals surface area contributed by atoms with Crippen molar-refractivity contribution in [2.75, 3.05) is 11.4 Å². The Hall–Kier alpha value is -3.78. The fourth-order valence-electron chi connectivity index (χ4n) is 6.11. The Kier molecular flexibility index (Phi) is 5.30. The lowest BCUT2D eigenvalue weighted by Crippen LogP contribution is -2.41. The number of hydrogen-bond acceptors (Lipinski definition) is 8. The van der Waals surface area contributed by atoms with Crippen LogP contribution >= 0.6 is 0 Å². The summed E-state index contributed by atoms with van der Waals surface area (Å²) < 4.78 is 72.1. The second-order valence-corrected chi connectivity index (χ2v) is 12.8. The number of ketones is 1. The zero-order valence-corrected chi connectivity index (χ0v) is 21.9. The summed E-state index contributed by atoms with van der Waals surface area (Å²) in [4.78, 5) is 25.4. The van der Waals surface area contributed by atoms with E-state index in [1.54, 1.807) is 31.2 Å². The number of carboxylic acids is 1. The summed E-state index contributed by atoms with van der Waals surface area (Å²) >= 11 is 0. The molecule has 3 aliphatic heterocycles. The van der Waals surface area contributed by atoms with Crippen molar-refractivity contribution in [1.29, 1.82) is 0 Å². The molecule has 0 saturated heterocycles. The fraction of sp³-hybridized carbons (Fsp3) is 0.231. The topological polar surface area (TPSA) is 176 Å². The minimum absolute atomic E-state index is 0.161. The van der Waals surface area contributed by atoms with Crippen LogP contribution in [0.2, 0.25) is 0 Å². The van der Waals surface area contributed by atoms with Crippen molar-refractivity contribution < 1.29 is 45.4 Å². The number of benzene rings is 2. The lowest BCUT2D eigenvalue weighted by Gasteiger charge is -2.41. The molecule has 13 heteroatoms. The maximum Gasteiger partial charge on any atom is 0.304 e. The Morgan fingerprint density at radius 3 is 2.49 bits per heavy atom. The van der Waals surface area contributed by atoms with E-state index < -0.39 is 48.4 Å². The van der Waals surface area contributed by atoms with E-state index in [9.17, 15) is 40.6 Å². The molecule has 0 aromatic heterocycles. The molecule has 2 aromatic carbocycles. The van der Waals surface area contributed by atoms with E-state index in [1.165, 1.54) is 12.1 Å². The summed E-state index contributed by atoms with van der Waals surface area (Å²) in [6.07, 6.45) is 3.33. The minimum Gasteiger partial charge on any atom is -0.485 e. The fourth-order valence-corrected chi connectivity index (χ4v) is 7.22. The summed E-state index contributed by atoms with van der Waals surface area (Å²) in [5.74, 6) is -1.82. The van der Waals surface area contributed by atoms with Crippen LogP contribution in [-0.4, -0.2) is 55.4 Å². The van der Waals surface area contributed by atoms with Crippen molar-refractivity contribution in [3.05, 3.63) is 81.6 Å². The normalized spacial score (nSPS) is 24.2. The molecule has 0 spiro atoms. The van der Waals surface area contributed by atoms with Gasteiger partial charge in [-0.15, -0.1) is 0 Å². The first-order chi connectivity index (χ1) is 18.2. The summed E-state index contributed by atoms with van der Waals surface area (Å²) in [6.45, 7) is 2.23. The summed E-state index contributed by atoms with van der Waals surface area (Å²) in [7, 11) is -9.24. The smallest absolute Gasteiger partial charge is 0.304 e. The maximum atomic E-state index is 12.3. The van der Waals surface area contributed by atoms with Crippen LogP contribution in [0.1, 0.15) is 25.3 Å². The highest BCUT2D eigenvalue weighted by molar-refractivity contribution is 7.90. The number of anilines is 1. The average molecular weight is 572 g/mol. The summed E-state index contributed by atoms with van der Waals surface area (Å²) in [6, 6.07) is 7.61. The number of carbonyl (C=O) groups is 2. The Bertz CT molecular complexity index is 1880. The molecule has 0 saturated carbocycles. The first-order valence-electron chi connectivity index (χ1n) is 11.8. The molecule has 0 fully saturated rings. The standard InChI is InChI=1S/C26H21NO10S2/c1-26(12-23(29)30)24-16-4-3-15(38(31,32)33)8-13(16)2-5-18(24)27-7-6-20-17(25(26)27)9-14-10-22(39(34,35)36)19(28)11-21(14)37-20/h2-5,8-11,20H,6-7,12H2,1H3,(H,29,30)(H,31,32,33)(H,34,35,36). The van der Waals surface area contributed by atoms with Gasteiger partial charge in [0.2, 0.25) is 5.78 Å². The SMILES string of the molecule is CC1(CC(=O)O)C2=C3C=C4C=C(S(=O)(=O)O)C(=O)C=C4OC3CCN2c2ccc3cc(S(=O)(=O)O)ccc3c21. The van der Waals surface area contributed by atoms with Gasteiger partial charge in [-0.2, -0.15) is 16.8 Å². The van der Waals surface area contributed by atoms with Crippen LogP contribution < -0.4 is 4.90 Å². The largest absolute Gasteiger partial charge is 0.485 e. The van der Waals surface area contributed by atoms with Crippen LogP contribution in [0.4, 0.5) is 5.69 Å². The van der Waals surface area contributed by atoms with Crippen molar-refractivity contribution in [2.45, 2.75) is 36.2 Å². The quantitative estimate of drug-likeness (QED) is 0.460. The van der Waals surface area contributed by atoms with E-state index in [0.29, 0.717) is 40.6 Å². The molecule has 2 aromatic rings. The molecule has 0 amide bonds. The predicted molar refractivity (Wildman–Crippen MR) is 138 cm³/mol. The molecule has 4 aliphatic rings. The van der Waals surface area contributed by atoms with Crippen LogP contribution in [0.3, 0.4) is 0 Å². The Balaban J connectivity index is 1.62.